The number of para-hydroxylation sites is 2. The molecule has 0 radical (unpaired) electrons. The second kappa shape index (κ2) is 8.40. The van der Waals surface area contributed by atoms with Gasteiger partial charge in [-0.2, -0.15) is 0 Å². The molecule has 2 N–H and O–H groups in total. The van der Waals surface area contributed by atoms with Crippen LogP contribution in [0.1, 0.15) is 6.42 Å². The molecule has 2 aromatic carbocycles. The zero-order valence-electron chi connectivity index (χ0n) is 12.0. The number of halogens is 1. The standard InChI is InChI=1S/C15H14ClN3O3S/c16-11-5-1-4-8-14(11)23-10-9-15(20)18-17-12-6-2-3-7-13(12)19(21)22/h1-8,17H,9-10H2,(H,18,20). The smallest absolute Gasteiger partial charge is 0.292 e. The van der Waals surface area contributed by atoms with Gasteiger partial charge in [-0.05, 0) is 18.2 Å². The zero-order chi connectivity index (χ0) is 16.7. The molecule has 0 saturated heterocycles. The summed E-state index contributed by atoms with van der Waals surface area (Å²) in [5.74, 6) is 0.288. The molecule has 0 heterocycles. The van der Waals surface area contributed by atoms with E-state index in [1.165, 1.54) is 23.9 Å². The van der Waals surface area contributed by atoms with Gasteiger partial charge in [-0.1, -0.05) is 35.9 Å². The highest BCUT2D eigenvalue weighted by atomic mass is 35.5. The Morgan fingerprint density at radius 3 is 2.61 bits per heavy atom. The van der Waals surface area contributed by atoms with E-state index in [-0.39, 0.29) is 23.7 Å². The van der Waals surface area contributed by atoms with Gasteiger partial charge in [0.15, 0.2) is 0 Å². The van der Waals surface area contributed by atoms with Gasteiger partial charge in [0, 0.05) is 23.1 Å². The van der Waals surface area contributed by atoms with E-state index in [9.17, 15) is 14.9 Å². The molecule has 1 amide bonds. The normalized spacial score (nSPS) is 10.1. The van der Waals surface area contributed by atoms with Gasteiger partial charge < -0.3 is 0 Å². The van der Waals surface area contributed by atoms with Crippen LogP contribution in [0, 0.1) is 10.1 Å². The number of rotatable bonds is 7. The maximum Gasteiger partial charge on any atom is 0.294 e. The van der Waals surface area contributed by atoms with Crippen LogP contribution in [-0.2, 0) is 4.79 Å². The summed E-state index contributed by atoms with van der Waals surface area (Å²) in [6.45, 7) is 0. The second-order valence-electron chi connectivity index (χ2n) is 4.48. The maximum atomic E-state index is 11.8. The number of carbonyl (C=O) groups is 1. The van der Waals surface area contributed by atoms with Crippen molar-refractivity contribution in [1.82, 2.24) is 5.43 Å². The van der Waals surface area contributed by atoms with Crippen molar-refractivity contribution in [3.05, 3.63) is 63.7 Å². The van der Waals surface area contributed by atoms with Gasteiger partial charge in [0.2, 0.25) is 5.91 Å². The van der Waals surface area contributed by atoms with Crippen molar-refractivity contribution in [3.8, 4) is 0 Å². The average molecular weight is 352 g/mol. The van der Waals surface area contributed by atoms with E-state index in [0.717, 1.165) is 4.90 Å². The highest BCUT2D eigenvalue weighted by molar-refractivity contribution is 7.99. The summed E-state index contributed by atoms with van der Waals surface area (Å²) < 4.78 is 0. The molecule has 23 heavy (non-hydrogen) atoms. The van der Waals surface area contributed by atoms with Gasteiger partial charge in [-0.15, -0.1) is 11.8 Å². The molecule has 0 aliphatic carbocycles. The third-order valence-corrected chi connectivity index (χ3v) is 4.38. The first-order chi connectivity index (χ1) is 11.1. The molecule has 0 fully saturated rings. The Morgan fingerprint density at radius 2 is 1.87 bits per heavy atom. The first-order valence-electron chi connectivity index (χ1n) is 6.73. The molecule has 0 unspecified atom stereocenters. The van der Waals surface area contributed by atoms with E-state index in [0.29, 0.717) is 10.8 Å². The lowest BCUT2D eigenvalue weighted by Crippen LogP contribution is -2.29. The van der Waals surface area contributed by atoms with Crippen LogP contribution in [0.4, 0.5) is 11.4 Å². The number of amides is 1. The SMILES string of the molecule is O=C(CCSc1ccccc1Cl)NNc1ccccc1[N+](=O)[O-]. The molecule has 2 rings (SSSR count). The number of benzene rings is 2. The van der Waals surface area contributed by atoms with Gasteiger partial charge in [0.05, 0.1) is 9.95 Å². The molecule has 0 saturated carbocycles. The summed E-state index contributed by atoms with van der Waals surface area (Å²) in [4.78, 5) is 23.0. The van der Waals surface area contributed by atoms with Crippen LogP contribution in [0.2, 0.25) is 5.02 Å². The van der Waals surface area contributed by atoms with Crippen LogP contribution >= 0.6 is 23.4 Å². The molecule has 8 heteroatoms. The number of nitrogens with one attached hydrogen (secondary N) is 2. The number of anilines is 1. The number of nitrogens with zero attached hydrogens (tertiary/aromatic N) is 1. The average Bonchev–Trinajstić information content (AvgIpc) is 2.55. The Hall–Kier alpha value is -2.25. The molecule has 6 nitrogen and oxygen atoms in total. The van der Waals surface area contributed by atoms with E-state index in [4.69, 9.17) is 11.6 Å². The summed E-state index contributed by atoms with van der Waals surface area (Å²) in [5.41, 5.74) is 5.17. The van der Waals surface area contributed by atoms with E-state index in [2.05, 4.69) is 10.9 Å². The van der Waals surface area contributed by atoms with Gasteiger partial charge in [-0.25, -0.2) is 0 Å². The molecular weight excluding hydrogens is 338 g/mol. The second-order valence-corrected chi connectivity index (χ2v) is 6.02. The van der Waals surface area contributed by atoms with Crippen LogP contribution in [0.3, 0.4) is 0 Å². The fourth-order valence-electron chi connectivity index (χ4n) is 1.75. The number of thioether (sulfide) groups is 1. The summed E-state index contributed by atoms with van der Waals surface area (Å²) in [5, 5.41) is 11.5. The van der Waals surface area contributed by atoms with Crippen molar-refractivity contribution < 1.29 is 9.72 Å². The number of nitro groups is 1. The lowest BCUT2D eigenvalue weighted by Gasteiger charge is -2.09. The van der Waals surface area contributed by atoms with Crippen molar-refractivity contribution in [2.24, 2.45) is 0 Å². The van der Waals surface area contributed by atoms with Crippen LogP contribution in [-0.4, -0.2) is 16.6 Å². The Morgan fingerprint density at radius 1 is 1.17 bits per heavy atom. The monoisotopic (exact) mass is 351 g/mol. The van der Waals surface area contributed by atoms with Crippen molar-refractivity contribution >= 4 is 40.6 Å². The van der Waals surface area contributed by atoms with Gasteiger partial charge in [0.1, 0.15) is 5.69 Å². The van der Waals surface area contributed by atoms with Gasteiger partial charge in [-0.3, -0.25) is 25.8 Å². The summed E-state index contributed by atoms with van der Waals surface area (Å²) in [6, 6.07) is 13.5. The van der Waals surface area contributed by atoms with E-state index in [1.807, 2.05) is 18.2 Å². The zero-order valence-corrected chi connectivity index (χ0v) is 13.6. The molecule has 2 aromatic rings. The molecule has 120 valence electrons. The summed E-state index contributed by atoms with van der Waals surface area (Å²) in [7, 11) is 0. The number of hydrazine groups is 1. The molecule has 0 aromatic heterocycles. The van der Waals surface area contributed by atoms with Crippen molar-refractivity contribution in [3.63, 3.8) is 0 Å². The molecule has 0 spiro atoms. The third kappa shape index (κ3) is 5.15. The molecule has 0 bridgehead atoms. The van der Waals surface area contributed by atoms with Crippen molar-refractivity contribution in [1.29, 1.82) is 0 Å². The summed E-state index contributed by atoms with van der Waals surface area (Å²) >= 11 is 7.51. The molecule has 0 aliphatic heterocycles. The molecule has 0 atom stereocenters. The lowest BCUT2D eigenvalue weighted by atomic mass is 10.3. The van der Waals surface area contributed by atoms with E-state index in [1.54, 1.807) is 18.2 Å². The first kappa shape index (κ1) is 17.1. The van der Waals surface area contributed by atoms with Gasteiger partial charge in [0.25, 0.3) is 5.69 Å². The van der Waals surface area contributed by atoms with Crippen LogP contribution in [0.15, 0.2) is 53.4 Å². The largest absolute Gasteiger partial charge is 0.294 e. The molecular formula is C15H14ClN3O3S. The quantitative estimate of drug-likeness (QED) is 0.449. The Kier molecular flexibility index (Phi) is 6.25. The highest BCUT2D eigenvalue weighted by Gasteiger charge is 2.12. The van der Waals surface area contributed by atoms with Crippen molar-refractivity contribution in [2.45, 2.75) is 11.3 Å². The number of hydrogen-bond acceptors (Lipinski definition) is 5. The van der Waals surface area contributed by atoms with Crippen LogP contribution < -0.4 is 10.9 Å². The Labute approximate surface area is 142 Å². The van der Waals surface area contributed by atoms with Crippen LogP contribution in [0.5, 0.6) is 0 Å². The minimum atomic E-state index is -0.512. The van der Waals surface area contributed by atoms with Crippen molar-refractivity contribution in [2.75, 3.05) is 11.2 Å². The molecule has 0 aliphatic rings. The number of hydrogen-bond donors (Lipinski definition) is 2. The minimum absolute atomic E-state index is 0.0988. The predicted octanol–water partition coefficient (Wildman–Crippen LogP) is 3.87. The third-order valence-electron chi connectivity index (χ3n) is 2.86. The number of carbonyl (C=O) groups excluding carboxylic acids is 1. The predicted molar refractivity (Wildman–Crippen MR) is 91.7 cm³/mol. The minimum Gasteiger partial charge on any atom is -0.292 e. The van der Waals surface area contributed by atoms with Gasteiger partial charge >= 0.3 is 0 Å². The van der Waals surface area contributed by atoms with E-state index < -0.39 is 4.92 Å². The van der Waals surface area contributed by atoms with E-state index >= 15 is 0 Å². The maximum absolute atomic E-state index is 11.8. The first-order valence-corrected chi connectivity index (χ1v) is 8.10. The number of nitro benzene ring substituents is 1. The Balaban J connectivity index is 1.80. The highest BCUT2D eigenvalue weighted by Crippen LogP contribution is 2.27. The fraction of sp³-hybridized carbons (Fsp3) is 0.133. The lowest BCUT2D eigenvalue weighted by molar-refractivity contribution is -0.384. The Bertz CT molecular complexity index is 712. The topological polar surface area (TPSA) is 84.3 Å². The van der Waals surface area contributed by atoms with Crippen LogP contribution in [0.25, 0.3) is 0 Å². The summed E-state index contributed by atoms with van der Waals surface area (Å²) in [6.07, 6.45) is 0.253. The fourth-order valence-corrected chi connectivity index (χ4v) is 2.94.